The summed E-state index contributed by atoms with van der Waals surface area (Å²) in [6.45, 7) is 1.93. The Hall–Kier alpha value is -1.61. The van der Waals surface area contributed by atoms with Crippen molar-refractivity contribution in [2.24, 2.45) is 0 Å². The molecule has 0 unspecified atom stereocenters. The first-order valence-electron chi connectivity index (χ1n) is 6.01. The third-order valence-electron chi connectivity index (χ3n) is 2.92. The largest absolute Gasteiger partial charge is 0.397 e. The number of H-pyrrole nitrogens is 1. The first kappa shape index (κ1) is 11.9. The summed E-state index contributed by atoms with van der Waals surface area (Å²) in [5.41, 5.74) is 3.15. The van der Waals surface area contributed by atoms with E-state index in [-0.39, 0.29) is 12.4 Å². The molecule has 1 aliphatic carbocycles. The van der Waals surface area contributed by atoms with Gasteiger partial charge in [0.2, 0.25) is 0 Å². The highest BCUT2D eigenvalue weighted by Crippen LogP contribution is 2.28. The van der Waals surface area contributed by atoms with Gasteiger partial charge in [0.15, 0.2) is 5.78 Å². The molecule has 1 heterocycles. The molecule has 3 nitrogen and oxygen atoms in total. The number of aromatic nitrogens is 1. The van der Waals surface area contributed by atoms with Crippen LogP contribution in [0.5, 0.6) is 0 Å². The lowest BCUT2D eigenvalue weighted by molar-refractivity contribution is 0.0968. The minimum Gasteiger partial charge on any atom is -0.397 e. The molecular weight excluding hydrogens is 214 g/mol. The molecule has 0 bridgehead atoms. The fourth-order valence-corrected chi connectivity index (χ4v) is 2.25. The van der Waals surface area contributed by atoms with Crippen LogP contribution in [0.3, 0.4) is 0 Å². The number of aliphatic hydroxyl groups excluding tert-OH is 1. The van der Waals surface area contributed by atoms with Gasteiger partial charge in [0, 0.05) is 23.9 Å². The van der Waals surface area contributed by atoms with Crippen LogP contribution < -0.4 is 0 Å². The summed E-state index contributed by atoms with van der Waals surface area (Å²) in [6.07, 6.45) is 2.72. The number of hydrogen-bond acceptors (Lipinski definition) is 2. The number of aryl methyl sites for hydroxylation is 1. The second-order valence-corrected chi connectivity index (χ2v) is 4.12. The van der Waals surface area contributed by atoms with E-state index in [0.29, 0.717) is 6.42 Å². The van der Waals surface area contributed by atoms with Crippen molar-refractivity contribution in [1.82, 2.24) is 4.98 Å². The van der Waals surface area contributed by atoms with E-state index in [4.69, 9.17) is 5.11 Å². The van der Waals surface area contributed by atoms with Crippen molar-refractivity contribution >= 4 is 16.7 Å². The molecule has 90 valence electrons. The summed E-state index contributed by atoms with van der Waals surface area (Å²) in [4.78, 5) is 14.8. The average molecular weight is 231 g/mol. The maximum absolute atomic E-state index is 11.6. The van der Waals surface area contributed by atoms with Gasteiger partial charge >= 0.3 is 0 Å². The number of aromatic amines is 1. The van der Waals surface area contributed by atoms with Gasteiger partial charge in [-0.1, -0.05) is 18.2 Å². The molecule has 0 aliphatic heterocycles. The van der Waals surface area contributed by atoms with E-state index in [9.17, 15) is 4.79 Å². The Labute approximate surface area is 100 Å². The van der Waals surface area contributed by atoms with E-state index in [2.05, 4.69) is 11.1 Å². The molecule has 1 aromatic carbocycles. The molecule has 2 aromatic rings. The van der Waals surface area contributed by atoms with E-state index in [1.165, 1.54) is 10.9 Å². The summed E-state index contributed by atoms with van der Waals surface area (Å²) in [5.74, 6) is 0.266. The van der Waals surface area contributed by atoms with Crippen LogP contribution in [0.1, 0.15) is 35.8 Å². The van der Waals surface area contributed by atoms with Gasteiger partial charge in [0.1, 0.15) is 0 Å². The number of ketones is 1. The zero-order chi connectivity index (χ0) is 12.3. The van der Waals surface area contributed by atoms with E-state index in [1.54, 1.807) is 6.92 Å². The van der Waals surface area contributed by atoms with Crippen molar-refractivity contribution in [1.29, 1.82) is 0 Å². The fourth-order valence-electron chi connectivity index (χ4n) is 2.25. The topological polar surface area (TPSA) is 53.1 Å². The number of fused-ring (bicyclic) bond motifs is 3. The average Bonchev–Trinajstić information content (AvgIpc) is 2.71. The van der Waals surface area contributed by atoms with Crippen molar-refractivity contribution in [3.05, 3.63) is 35.5 Å². The number of nitrogens with one attached hydrogen (secondary N) is 1. The van der Waals surface area contributed by atoms with Crippen molar-refractivity contribution < 1.29 is 9.90 Å². The van der Waals surface area contributed by atoms with Crippen molar-refractivity contribution in [2.45, 2.75) is 26.2 Å². The number of rotatable bonds is 0. The number of carbonyl (C=O) groups excluding carboxylic acids is 1. The molecule has 0 saturated carbocycles. The van der Waals surface area contributed by atoms with Crippen LogP contribution in [-0.2, 0) is 6.42 Å². The van der Waals surface area contributed by atoms with Gasteiger partial charge in [0.25, 0.3) is 0 Å². The Morgan fingerprint density at radius 2 is 2.00 bits per heavy atom. The van der Waals surface area contributed by atoms with Crippen LogP contribution in [0.4, 0.5) is 0 Å². The van der Waals surface area contributed by atoms with Crippen molar-refractivity contribution in [2.75, 3.05) is 6.61 Å². The number of hydrogen-bond donors (Lipinski definition) is 2. The van der Waals surface area contributed by atoms with Crippen molar-refractivity contribution in [3.8, 4) is 0 Å². The molecule has 0 saturated heterocycles. The number of carbonyl (C=O) groups is 1. The summed E-state index contributed by atoms with van der Waals surface area (Å²) in [7, 11) is 0. The number of para-hydroxylation sites is 1. The standard InChI is InChI=1S/C12H11NO.C2H6O/c14-11-7-3-5-9-8-4-1-2-6-10(8)13-12(9)11;1-2-3/h1-2,4,6,13H,3,5,7H2;3H,2H2,1H3. The zero-order valence-electron chi connectivity index (χ0n) is 9.99. The molecule has 1 aliphatic rings. The smallest absolute Gasteiger partial charge is 0.179 e. The Balaban J connectivity index is 0.000000329. The van der Waals surface area contributed by atoms with E-state index >= 15 is 0 Å². The third kappa shape index (κ3) is 2.24. The van der Waals surface area contributed by atoms with Crippen LogP contribution >= 0.6 is 0 Å². The molecule has 0 radical (unpaired) electrons. The number of benzene rings is 1. The van der Waals surface area contributed by atoms with Gasteiger partial charge in [-0.2, -0.15) is 0 Å². The molecule has 3 heteroatoms. The quantitative estimate of drug-likeness (QED) is 0.732. The maximum Gasteiger partial charge on any atom is 0.179 e. The van der Waals surface area contributed by atoms with E-state index < -0.39 is 0 Å². The lowest BCUT2D eigenvalue weighted by atomic mass is 9.95. The predicted molar refractivity (Wildman–Crippen MR) is 68.3 cm³/mol. The highest BCUT2D eigenvalue weighted by molar-refractivity contribution is 6.03. The summed E-state index contributed by atoms with van der Waals surface area (Å²) < 4.78 is 0. The number of Topliss-reactive ketones (excluding diaryl/α,β-unsaturated/α-hetero) is 1. The van der Waals surface area contributed by atoms with Gasteiger partial charge < -0.3 is 10.1 Å². The predicted octanol–water partition coefficient (Wildman–Crippen LogP) is 2.69. The van der Waals surface area contributed by atoms with Crippen LogP contribution in [0, 0.1) is 0 Å². The van der Waals surface area contributed by atoms with E-state index in [1.807, 2.05) is 18.2 Å². The third-order valence-corrected chi connectivity index (χ3v) is 2.92. The Bertz CT molecular complexity index is 528. The zero-order valence-corrected chi connectivity index (χ0v) is 9.99. The molecule has 3 rings (SSSR count). The first-order chi connectivity index (χ1) is 8.27. The van der Waals surface area contributed by atoms with Gasteiger partial charge in [-0.3, -0.25) is 4.79 Å². The molecule has 1 aromatic heterocycles. The minimum absolute atomic E-state index is 0.250. The molecular formula is C14H17NO2. The Morgan fingerprint density at radius 1 is 1.29 bits per heavy atom. The van der Waals surface area contributed by atoms with Crippen LogP contribution in [0.25, 0.3) is 10.9 Å². The molecule has 0 fully saturated rings. The van der Waals surface area contributed by atoms with E-state index in [0.717, 1.165) is 24.1 Å². The van der Waals surface area contributed by atoms with Crippen LogP contribution in [0.2, 0.25) is 0 Å². The second kappa shape index (κ2) is 5.15. The highest BCUT2D eigenvalue weighted by Gasteiger charge is 2.20. The summed E-state index contributed by atoms with van der Waals surface area (Å²) >= 11 is 0. The minimum atomic E-state index is 0.250. The SMILES string of the molecule is CCO.O=C1CCCc2c1[nH]c1ccccc21. The maximum atomic E-state index is 11.6. The summed E-state index contributed by atoms with van der Waals surface area (Å²) in [5, 5.41) is 8.79. The Kier molecular flexibility index (Phi) is 3.59. The van der Waals surface area contributed by atoms with Gasteiger partial charge in [-0.15, -0.1) is 0 Å². The first-order valence-corrected chi connectivity index (χ1v) is 6.01. The van der Waals surface area contributed by atoms with Crippen LogP contribution in [0.15, 0.2) is 24.3 Å². The summed E-state index contributed by atoms with van der Waals surface area (Å²) in [6, 6.07) is 8.13. The van der Waals surface area contributed by atoms with Crippen LogP contribution in [-0.4, -0.2) is 22.5 Å². The lowest BCUT2D eigenvalue weighted by Gasteiger charge is -2.09. The Morgan fingerprint density at radius 3 is 2.76 bits per heavy atom. The van der Waals surface area contributed by atoms with Gasteiger partial charge in [0.05, 0.1) is 5.69 Å². The molecule has 2 N–H and O–H groups in total. The van der Waals surface area contributed by atoms with Crippen molar-refractivity contribution in [3.63, 3.8) is 0 Å². The molecule has 0 atom stereocenters. The second-order valence-electron chi connectivity index (χ2n) is 4.12. The van der Waals surface area contributed by atoms with Gasteiger partial charge in [-0.05, 0) is 31.4 Å². The fraction of sp³-hybridized carbons (Fsp3) is 0.357. The monoisotopic (exact) mass is 231 g/mol. The van der Waals surface area contributed by atoms with Gasteiger partial charge in [-0.25, -0.2) is 0 Å². The lowest BCUT2D eigenvalue weighted by Crippen LogP contribution is -2.09. The molecule has 0 amide bonds. The molecule has 17 heavy (non-hydrogen) atoms. The normalized spacial score (nSPS) is 14.1. The molecule has 0 spiro atoms. The number of aliphatic hydroxyl groups is 1. The highest BCUT2D eigenvalue weighted by atomic mass is 16.2.